The van der Waals surface area contributed by atoms with E-state index in [0.717, 1.165) is 5.56 Å². The van der Waals surface area contributed by atoms with Crippen LogP contribution in [0.4, 0.5) is 11.4 Å². The van der Waals surface area contributed by atoms with Gasteiger partial charge >= 0.3 is 0 Å². The number of azide groups is 2. The van der Waals surface area contributed by atoms with Gasteiger partial charge in [0, 0.05) is 26.2 Å². The third-order valence-corrected chi connectivity index (χ3v) is 3.84. The van der Waals surface area contributed by atoms with Crippen molar-refractivity contribution in [2.24, 2.45) is 10.2 Å². The number of hydrogen-bond donors (Lipinski definition) is 0. The fourth-order valence-corrected chi connectivity index (χ4v) is 2.80. The molecule has 2 rings (SSSR count). The van der Waals surface area contributed by atoms with Crippen LogP contribution in [0, 0.1) is 11.3 Å². The van der Waals surface area contributed by atoms with Crippen molar-refractivity contribution in [3.8, 4) is 6.07 Å². The molecule has 0 radical (unpaired) electrons. The maximum Gasteiger partial charge on any atom is 0.101 e. The van der Waals surface area contributed by atoms with E-state index in [2.05, 4.69) is 20.1 Å². The summed E-state index contributed by atoms with van der Waals surface area (Å²) < 4.78 is 0. The molecule has 0 heterocycles. The lowest BCUT2D eigenvalue weighted by Gasteiger charge is -2.08. The quantitative estimate of drug-likeness (QED) is 0.303. The van der Waals surface area contributed by atoms with Crippen molar-refractivity contribution >= 4 is 23.1 Å². The highest BCUT2D eigenvalue weighted by atomic mass is 32.2. The summed E-state index contributed by atoms with van der Waals surface area (Å²) in [7, 11) is 0. The molecule has 0 saturated heterocycles. The van der Waals surface area contributed by atoms with E-state index in [4.69, 9.17) is 11.1 Å². The number of hydrogen-bond acceptors (Lipinski definition) is 4. The minimum Gasteiger partial charge on any atom is -0.192 e. The van der Waals surface area contributed by atoms with Crippen molar-refractivity contribution in [1.82, 2.24) is 0 Å². The molecular formula is C14H9N7S. The first kappa shape index (κ1) is 15.3. The van der Waals surface area contributed by atoms with Gasteiger partial charge in [-0.1, -0.05) is 40.6 Å². The monoisotopic (exact) mass is 307 g/mol. The molecule has 0 fully saturated rings. The Balaban J connectivity index is 2.41. The third-order valence-electron chi connectivity index (χ3n) is 2.73. The average Bonchev–Trinajstić information content (AvgIpc) is 2.54. The molecule has 2 aromatic rings. The van der Waals surface area contributed by atoms with Gasteiger partial charge in [-0.25, -0.2) is 0 Å². The molecule has 0 N–H and O–H groups in total. The summed E-state index contributed by atoms with van der Waals surface area (Å²) in [4.78, 5) is 6.04. The summed E-state index contributed by atoms with van der Waals surface area (Å²) in [5.74, 6) is 0.644. The van der Waals surface area contributed by atoms with E-state index in [0.29, 0.717) is 16.3 Å². The zero-order valence-corrected chi connectivity index (χ0v) is 12.1. The molecule has 0 atom stereocenters. The van der Waals surface area contributed by atoms with Crippen molar-refractivity contribution in [2.75, 3.05) is 0 Å². The number of thioether (sulfide) groups is 1. The molecule has 0 aliphatic rings. The molecular weight excluding hydrogens is 298 g/mol. The van der Waals surface area contributed by atoms with Gasteiger partial charge in [-0.05, 0) is 28.8 Å². The lowest BCUT2D eigenvalue weighted by Crippen LogP contribution is -1.85. The number of rotatable bonds is 5. The first-order valence-electron chi connectivity index (χ1n) is 6.13. The Morgan fingerprint density at radius 2 is 1.82 bits per heavy atom. The van der Waals surface area contributed by atoms with Crippen LogP contribution in [0.3, 0.4) is 0 Å². The van der Waals surface area contributed by atoms with E-state index in [9.17, 15) is 5.26 Å². The smallest absolute Gasteiger partial charge is 0.101 e. The molecule has 0 unspecified atom stereocenters. The van der Waals surface area contributed by atoms with E-state index in [1.807, 2.05) is 36.4 Å². The summed E-state index contributed by atoms with van der Waals surface area (Å²) >= 11 is 1.42. The molecule has 0 bridgehead atoms. The second-order valence-corrected chi connectivity index (χ2v) is 5.12. The first-order valence-corrected chi connectivity index (χ1v) is 7.12. The minimum absolute atomic E-state index is 0.158. The summed E-state index contributed by atoms with van der Waals surface area (Å²) in [6.45, 7) is 0. The van der Waals surface area contributed by atoms with Crippen molar-refractivity contribution in [2.45, 2.75) is 10.6 Å². The van der Waals surface area contributed by atoms with Crippen LogP contribution in [0.15, 0.2) is 57.6 Å². The van der Waals surface area contributed by atoms with E-state index < -0.39 is 0 Å². The van der Waals surface area contributed by atoms with Crippen LogP contribution in [0.25, 0.3) is 20.9 Å². The van der Waals surface area contributed by atoms with Crippen LogP contribution < -0.4 is 0 Å². The van der Waals surface area contributed by atoms with Crippen LogP contribution in [-0.4, -0.2) is 0 Å². The maximum absolute atomic E-state index is 9.29. The summed E-state index contributed by atoms with van der Waals surface area (Å²) in [6, 6.07) is 14.8. The van der Waals surface area contributed by atoms with Crippen molar-refractivity contribution in [3.05, 3.63) is 74.5 Å². The molecule has 22 heavy (non-hydrogen) atoms. The highest BCUT2D eigenvalue weighted by molar-refractivity contribution is 7.98. The van der Waals surface area contributed by atoms with Gasteiger partial charge in [0.1, 0.15) is 6.07 Å². The SMILES string of the molecule is N#Cc1c(N=[N+]=[N-])cc(N=[N+]=[N-])cc1SCc1ccccc1. The predicted octanol–water partition coefficient (Wildman–Crippen LogP) is 5.73. The lowest BCUT2D eigenvalue weighted by atomic mass is 10.2. The van der Waals surface area contributed by atoms with Crippen molar-refractivity contribution in [1.29, 1.82) is 5.26 Å². The van der Waals surface area contributed by atoms with Crippen LogP contribution in [-0.2, 0) is 5.75 Å². The molecule has 2 aromatic carbocycles. The maximum atomic E-state index is 9.29. The second kappa shape index (κ2) is 7.62. The highest BCUT2D eigenvalue weighted by Crippen LogP contribution is 2.36. The fourth-order valence-electron chi connectivity index (χ4n) is 1.78. The molecule has 0 saturated carbocycles. The van der Waals surface area contributed by atoms with Gasteiger partial charge in [-0.2, -0.15) is 5.26 Å². The normalized spacial score (nSPS) is 9.23. The van der Waals surface area contributed by atoms with E-state index in [1.165, 1.54) is 17.8 Å². The lowest BCUT2D eigenvalue weighted by molar-refractivity contribution is 1.29. The average molecular weight is 307 g/mol. The van der Waals surface area contributed by atoms with Gasteiger partial charge in [-0.3, -0.25) is 0 Å². The van der Waals surface area contributed by atoms with Gasteiger partial charge in [0.25, 0.3) is 0 Å². The predicted molar refractivity (Wildman–Crippen MR) is 84.8 cm³/mol. The zero-order valence-electron chi connectivity index (χ0n) is 11.3. The van der Waals surface area contributed by atoms with E-state index in [1.54, 1.807) is 6.07 Å². The van der Waals surface area contributed by atoms with E-state index in [-0.39, 0.29) is 11.3 Å². The zero-order chi connectivity index (χ0) is 15.8. The summed E-state index contributed by atoms with van der Waals surface area (Å²) in [5, 5.41) is 16.3. The molecule has 0 spiro atoms. The van der Waals surface area contributed by atoms with Gasteiger partial charge in [0.2, 0.25) is 0 Å². The molecule has 106 valence electrons. The topological polar surface area (TPSA) is 121 Å². The second-order valence-electron chi connectivity index (χ2n) is 4.10. The van der Waals surface area contributed by atoms with Crippen LogP contribution >= 0.6 is 11.8 Å². The van der Waals surface area contributed by atoms with Crippen molar-refractivity contribution < 1.29 is 0 Å². The fraction of sp³-hybridized carbons (Fsp3) is 0.0714. The van der Waals surface area contributed by atoms with Gasteiger partial charge in [-0.15, -0.1) is 11.8 Å². The number of nitrogens with zero attached hydrogens (tertiary/aromatic N) is 7. The minimum atomic E-state index is 0.158. The Hall–Kier alpha value is -3.10. The molecule has 0 amide bonds. The molecule has 8 heteroatoms. The van der Waals surface area contributed by atoms with E-state index >= 15 is 0 Å². The van der Waals surface area contributed by atoms with Gasteiger partial charge in [0.05, 0.1) is 11.3 Å². The Kier molecular flexibility index (Phi) is 5.30. The highest BCUT2D eigenvalue weighted by Gasteiger charge is 2.10. The Labute approximate surface area is 130 Å². The summed E-state index contributed by atoms with van der Waals surface area (Å²) in [5.41, 5.74) is 19.0. The molecule has 0 aliphatic carbocycles. The van der Waals surface area contributed by atoms with Gasteiger partial charge in [0.15, 0.2) is 0 Å². The third kappa shape index (κ3) is 3.72. The molecule has 7 nitrogen and oxygen atoms in total. The Bertz CT molecular complexity index is 813. The Morgan fingerprint density at radius 1 is 1.09 bits per heavy atom. The molecule has 0 aliphatic heterocycles. The van der Waals surface area contributed by atoms with Crippen LogP contribution in [0.5, 0.6) is 0 Å². The van der Waals surface area contributed by atoms with Crippen LogP contribution in [0.2, 0.25) is 0 Å². The largest absolute Gasteiger partial charge is 0.192 e. The molecule has 0 aromatic heterocycles. The van der Waals surface area contributed by atoms with Crippen LogP contribution in [0.1, 0.15) is 11.1 Å². The van der Waals surface area contributed by atoms with Crippen molar-refractivity contribution in [3.63, 3.8) is 0 Å². The van der Waals surface area contributed by atoms with Gasteiger partial charge < -0.3 is 0 Å². The summed E-state index contributed by atoms with van der Waals surface area (Å²) in [6.07, 6.45) is 0. The number of nitriles is 1. The first-order chi connectivity index (χ1) is 10.8. The number of benzene rings is 2. The standard InChI is InChI=1S/C14H9N7S/c15-8-12-13(19-21-17)6-11(18-20-16)7-14(12)22-9-10-4-2-1-3-5-10/h1-7H,9H2. The Morgan fingerprint density at radius 3 is 2.45 bits per heavy atom.